The predicted molar refractivity (Wildman–Crippen MR) is 49.0 cm³/mol. The minimum Gasteiger partial charge on any atom is -0.479 e. The second-order valence-corrected chi connectivity index (χ2v) is 3.34. The monoisotopic (exact) mass is 238 g/mol. The van der Waals surface area contributed by atoms with Gasteiger partial charge in [0.15, 0.2) is 6.10 Å². The van der Waals surface area contributed by atoms with Gasteiger partial charge in [-0.3, -0.25) is 0 Å². The molecule has 0 saturated carbocycles. The summed E-state index contributed by atoms with van der Waals surface area (Å²) >= 11 is 11.1. The molecule has 0 aliphatic rings. The third-order valence-electron chi connectivity index (χ3n) is 1.55. The van der Waals surface area contributed by atoms with Gasteiger partial charge in [-0.25, -0.2) is 9.18 Å². The second-order valence-electron chi connectivity index (χ2n) is 2.52. The molecule has 1 aromatic carbocycles. The molecule has 0 fully saturated rings. The molecule has 0 amide bonds. The summed E-state index contributed by atoms with van der Waals surface area (Å²) < 4.78 is 12.7. The molecule has 1 aromatic rings. The fourth-order valence-electron chi connectivity index (χ4n) is 0.938. The molecule has 0 radical (unpaired) electrons. The van der Waals surface area contributed by atoms with Crippen molar-refractivity contribution >= 4 is 29.2 Å². The molecule has 76 valence electrons. The minimum absolute atomic E-state index is 0.206. The van der Waals surface area contributed by atoms with E-state index in [0.29, 0.717) is 0 Å². The Kier molecular flexibility index (Phi) is 3.31. The van der Waals surface area contributed by atoms with Crippen molar-refractivity contribution in [2.45, 2.75) is 6.10 Å². The summed E-state index contributed by atoms with van der Waals surface area (Å²) in [7, 11) is 0. The number of rotatable bonds is 2. The molecule has 0 aliphatic heterocycles. The van der Waals surface area contributed by atoms with Crippen LogP contribution in [0.3, 0.4) is 0 Å². The van der Waals surface area contributed by atoms with Gasteiger partial charge in [-0.15, -0.1) is 0 Å². The van der Waals surface area contributed by atoms with Crippen LogP contribution in [-0.4, -0.2) is 16.2 Å². The average Bonchev–Trinajstić information content (AvgIpc) is 2.01. The van der Waals surface area contributed by atoms with Crippen molar-refractivity contribution in [3.63, 3.8) is 0 Å². The molecular weight excluding hydrogens is 234 g/mol. The van der Waals surface area contributed by atoms with E-state index in [1.807, 2.05) is 0 Å². The molecule has 2 N–H and O–H groups in total. The van der Waals surface area contributed by atoms with Crippen LogP contribution in [0.25, 0.3) is 0 Å². The molecular formula is C8H5Cl2FO3. The summed E-state index contributed by atoms with van der Waals surface area (Å²) in [5.74, 6) is -2.19. The van der Waals surface area contributed by atoms with Gasteiger partial charge in [0.05, 0.1) is 10.0 Å². The number of aliphatic carboxylic acids is 1. The van der Waals surface area contributed by atoms with E-state index >= 15 is 0 Å². The van der Waals surface area contributed by atoms with E-state index < -0.39 is 17.9 Å². The quantitative estimate of drug-likeness (QED) is 0.831. The van der Waals surface area contributed by atoms with E-state index in [1.165, 1.54) is 0 Å². The van der Waals surface area contributed by atoms with Crippen LogP contribution in [0.1, 0.15) is 11.7 Å². The van der Waals surface area contributed by atoms with Gasteiger partial charge in [0.25, 0.3) is 0 Å². The zero-order valence-electron chi connectivity index (χ0n) is 6.67. The normalized spacial score (nSPS) is 12.6. The SMILES string of the molecule is O=C(O)[C@@H](O)c1c(Cl)cc(F)cc1Cl. The highest BCUT2D eigenvalue weighted by Crippen LogP contribution is 2.31. The number of aliphatic hydroxyl groups excluding tert-OH is 1. The van der Waals surface area contributed by atoms with E-state index in [-0.39, 0.29) is 15.6 Å². The lowest BCUT2D eigenvalue weighted by atomic mass is 10.1. The molecule has 0 unspecified atom stereocenters. The van der Waals surface area contributed by atoms with E-state index in [0.717, 1.165) is 12.1 Å². The number of aliphatic hydroxyl groups is 1. The van der Waals surface area contributed by atoms with Crippen molar-refractivity contribution < 1.29 is 19.4 Å². The fourth-order valence-corrected chi connectivity index (χ4v) is 1.61. The molecule has 0 saturated heterocycles. The molecule has 0 aliphatic carbocycles. The topological polar surface area (TPSA) is 57.5 Å². The Morgan fingerprint density at radius 2 is 1.79 bits per heavy atom. The van der Waals surface area contributed by atoms with Crippen molar-refractivity contribution in [2.75, 3.05) is 0 Å². The molecule has 0 heterocycles. The summed E-state index contributed by atoms with van der Waals surface area (Å²) in [5, 5.41) is 17.2. The number of carbonyl (C=O) groups is 1. The van der Waals surface area contributed by atoms with Crippen molar-refractivity contribution in [2.24, 2.45) is 0 Å². The van der Waals surface area contributed by atoms with Crippen molar-refractivity contribution in [1.29, 1.82) is 0 Å². The van der Waals surface area contributed by atoms with Gasteiger partial charge in [-0.2, -0.15) is 0 Å². The van der Waals surface area contributed by atoms with Crippen LogP contribution in [0.4, 0.5) is 4.39 Å². The Bertz CT molecular complexity index is 358. The number of carboxylic acids is 1. The number of benzene rings is 1. The molecule has 0 aromatic heterocycles. The largest absolute Gasteiger partial charge is 0.479 e. The van der Waals surface area contributed by atoms with Crippen LogP contribution < -0.4 is 0 Å². The van der Waals surface area contributed by atoms with Crippen LogP contribution >= 0.6 is 23.2 Å². The van der Waals surface area contributed by atoms with Crippen LogP contribution in [0.2, 0.25) is 10.0 Å². The predicted octanol–water partition coefficient (Wildman–Crippen LogP) is 2.25. The van der Waals surface area contributed by atoms with Crippen LogP contribution in [0.15, 0.2) is 12.1 Å². The lowest BCUT2D eigenvalue weighted by Gasteiger charge is -2.10. The molecule has 1 rings (SSSR count). The van der Waals surface area contributed by atoms with Crippen LogP contribution in [0.5, 0.6) is 0 Å². The van der Waals surface area contributed by atoms with Crippen molar-refractivity contribution in [3.8, 4) is 0 Å². The molecule has 1 atom stereocenters. The first kappa shape index (κ1) is 11.2. The van der Waals surface area contributed by atoms with E-state index in [1.54, 1.807) is 0 Å². The van der Waals surface area contributed by atoms with Gasteiger partial charge in [-0.1, -0.05) is 23.2 Å². The standard InChI is InChI=1S/C8H5Cl2FO3/c9-4-1-3(11)2-5(10)6(4)7(12)8(13)14/h1-2,7,12H,(H,13,14)/t7-/m0/s1. The average molecular weight is 239 g/mol. The zero-order chi connectivity index (χ0) is 10.9. The maximum Gasteiger partial charge on any atom is 0.337 e. The second kappa shape index (κ2) is 4.13. The smallest absolute Gasteiger partial charge is 0.337 e. The Morgan fingerprint density at radius 1 is 1.36 bits per heavy atom. The summed E-state index contributed by atoms with van der Waals surface area (Å²) in [4.78, 5) is 10.4. The van der Waals surface area contributed by atoms with Gasteiger partial charge >= 0.3 is 5.97 Å². The van der Waals surface area contributed by atoms with Crippen LogP contribution in [-0.2, 0) is 4.79 Å². The van der Waals surface area contributed by atoms with Gasteiger partial charge in [-0.05, 0) is 12.1 Å². The van der Waals surface area contributed by atoms with Crippen molar-refractivity contribution in [3.05, 3.63) is 33.6 Å². The van der Waals surface area contributed by atoms with Crippen LogP contribution in [0, 0.1) is 5.82 Å². The molecule has 6 heteroatoms. The van der Waals surface area contributed by atoms with Gasteiger partial charge in [0.2, 0.25) is 0 Å². The summed E-state index contributed by atoms with van der Waals surface area (Å²) in [6.07, 6.45) is -1.85. The summed E-state index contributed by atoms with van der Waals surface area (Å²) in [6.45, 7) is 0. The Labute approximate surface area is 88.7 Å². The first-order valence-corrected chi connectivity index (χ1v) is 4.24. The number of halogens is 3. The third-order valence-corrected chi connectivity index (χ3v) is 2.18. The summed E-state index contributed by atoms with van der Waals surface area (Å²) in [6, 6.07) is 1.77. The Hall–Kier alpha value is -0.840. The van der Waals surface area contributed by atoms with Gasteiger partial charge < -0.3 is 10.2 Å². The highest BCUT2D eigenvalue weighted by molar-refractivity contribution is 6.36. The molecule has 3 nitrogen and oxygen atoms in total. The van der Waals surface area contributed by atoms with Gasteiger partial charge in [0, 0.05) is 5.56 Å². The first-order chi connectivity index (χ1) is 6.43. The van der Waals surface area contributed by atoms with E-state index in [9.17, 15) is 9.18 Å². The Morgan fingerprint density at radius 3 is 2.14 bits per heavy atom. The first-order valence-electron chi connectivity index (χ1n) is 3.48. The fraction of sp³-hybridized carbons (Fsp3) is 0.125. The number of carboxylic acid groups (broad SMARTS) is 1. The van der Waals surface area contributed by atoms with E-state index in [4.69, 9.17) is 33.4 Å². The van der Waals surface area contributed by atoms with E-state index in [2.05, 4.69) is 0 Å². The minimum atomic E-state index is -1.85. The number of hydrogen-bond donors (Lipinski definition) is 2. The summed E-state index contributed by atoms with van der Waals surface area (Å²) in [5.41, 5.74) is -0.206. The Balaban J connectivity index is 3.27. The molecule has 0 spiro atoms. The highest BCUT2D eigenvalue weighted by Gasteiger charge is 2.22. The lowest BCUT2D eigenvalue weighted by Crippen LogP contribution is -2.11. The maximum absolute atomic E-state index is 12.7. The highest BCUT2D eigenvalue weighted by atomic mass is 35.5. The van der Waals surface area contributed by atoms with Crippen molar-refractivity contribution in [1.82, 2.24) is 0 Å². The number of hydrogen-bond acceptors (Lipinski definition) is 2. The van der Waals surface area contributed by atoms with Gasteiger partial charge in [0.1, 0.15) is 5.82 Å². The zero-order valence-corrected chi connectivity index (χ0v) is 8.18. The molecule has 14 heavy (non-hydrogen) atoms. The maximum atomic E-state index is 12.7. The lowest BCUT2D eigenvalue weighted by molar-refractivity contribution is -0.146. The molecule has 0 bridgehead atoms. The third kappa shape index (κ3) is 2.15.